The Balaban J connectivity index is 2.27. The number of nitrogens with two attached hydrogens (primary N) is 1. The Kier molecular flexibility index (Phi) is 6.63. The van der Waals surface area contributed by atoms with Crippen LogP contribution in [0, 0.1) is 6.92 Å². The number of nitrogens with one attached hydrogen (secondary N) is 1. The summed E-state index contributed by atoms with van der Waals surface area (Å²) in [5.74, 6) is -1.02. The first kappa shape index (κ1) is 21.2. The molecular weight excluding hydrogens is 384 g/mol. The highest BCUT2D eigenvalue weighted by molar-refractivity contribution is 7.92. The summed E-state index contributed by atoms with van der Waals surface area (Å²) in [6.07, 6.45) is -1.13. The molecule has 0 aromatic heterocycles. The third kappa shape index (κ3) is 5.23. The minimum atomic E-state index is -3.96. The van der Waals surface area contributed by atoms with Gasteiger partial charge >= 0.3 is 5.97 Å². The molecule has 0 unspecified atom stereocenters. The number of primary amides is 1. The molecule has 1 atom stereocenters. The number of ether oxygens (including phenoxy) is 2. The van der Waals surface area contributed by atoms with E-state index < -0.39 is 28.0 Å². The van der Waals surface area contributed by atoms with Gasteiger partial charge in [0.1, 0.15) is 5.75 Å². The maximum Gasteiger partial charge on any atom is 0.338 e. The van der Waals surface area contributed by atoms with Crippen molar-refractivity contribution < 1.29 is 27.5 Å². The molecule has 28 heavy (non-hydrogen) atoms. The molecule has 0 aliphatic carbocycles. The van der Waals surface area contributed by atoms with Gasteiger partial charge in [-0.05, 0) is 62.7 Å². The number of rotatable bonds is 8. The van der Waals surface area contributed by atoms with Gasteiger partial charge < -0.3 is 15.2 Å². The standard InChI is InChI=1S/C19H22N2O6S/c1-4-26-16-9-7-15(8-10-16)21-28(24,25)17-11-14(6-5-12(17)2)19(23)27-13(3)18(20)22/h5-11,13,21H,4H2,1-3H3,(H2,20,22)/t13-/m1/s1. The first-order chi connectivity index (χ1) is 13.1. The summed E-state index contributed by atoms with van der Waals surface area (Å²) >= 11 is 0. The van der Waals surface area contributed by atoms with Gasteiger partial charge in [-0.2, -0.15) is 0 Å². The molecule has 0 spiro atoms. The molecule has 9 heteroatoms. The number of benzene rings is 2. The third-order valence-electron chi connectivity index (χ3n) is 3.82. The molecule has 0 radical (unpaired) electrons. The summed E-state index contributed by atoms with van der Waals surface area (Å²) in [4.78, 5) is 23.1. The Morgan fingerprint density at radius 1 is 1.14 bits per heavy atom. The van der Waals surface area contributed by atoms with Crippen LogP contribution < -0.4 is 15.2 Å². The lowest BCUT2D eigenvalue weighted by Gasteiger charge is -2.13. The maximum absolute atomic E-state index is 12.8. The quantitative estimate of drug-likeness (QED) is 0.648. The fourth-order valence-corrected chi connectivity index (χ4v) is 3.63. The van der Waals surface area contributed by atoms with Crippen molar-refractivity contribution in [2.75, 3.05) is 11.3 Å². The van der Waals surface area contributed by atoms with E-state index in [0.717, 1.165) is 0 Å². The average Bonchev–Trinajstić information content (AvgIpc) is 2.63. The van der Waals surface area contributed by atoms with Crippen LogP contribution in [0.5, 0.6) is 5.75 Å². The second-order valence-corrected chi connectivity index (χ2v) is 7.64. The molecule has 150 valence electrons. The van der Waals surface area contributed by atoms with Crippen molar-refractivity contribution >= 4 is 27.6 Å². The molecule has 0 saturated heterocycles. The zero-order valence-corrected chi connectivity index (χ0v) is 16.6. The summed E-state index contributed by atoms with van der Waals surface area (Å²) in [5, 5.41) is 0. The summed E-state index contributed by atoms with van der Waals surface area (Å²) in [5.41, 5.74) is 5.85. The zero-order chi connectivity index (χ0) is 20.9. The lowest BCUT2D eigenvalue weighted by molar-refractivity contribution is -0.125. The molecule has 0 aliphatic rings. The van der Waals surface area contributed by atoms with E-state index in [-0.39, 0.29) is 10.5 Å². The Labute approximate surface area is 163 Å². The lowest BCUT2D eigenvalue weighted by atomic mass is 10.1. The summed E-state index contributed by atoms with van der Waals surface area (Å²) in [6, 6.07) is 10.5. The third-order valence-corrected chi connectivity index (χ3v) is 5.34. The van der Waals surface area contributed by atoms with Crippen molar-refractivity contribution in [1.82, 2.24) is 0 Å². The van der Waals surface area contributed by atoms with Gasteiger partial charge in [0.2, 0.25) is 0 Å². The molecule has 0 fully saturated rings. The van der Waals surface area contributed by atoms with Crippen LogP contribution in [0.2, 0.25) is 0 Å². The number of amides is 1. The van der Waals surface area contributed by atoms with E-state index in [2.05, 4.69) is 4.72 Å². The summed E-state index contributed by atoms with van der Waals surface area (Å²) < 4.78 is 38.2. The average molecular weight is 406 g/mol. The van der Waals surface area contributed by atoms with Crippen LogP contribution in [0.25, 0.3) is 0 Å². The Morgan fingerprint density at radius 2 is 1.79 bits per heavy atom. The van der Waals surface area contributed by atoms with Crippen molar-refractivity contribution in [2.45, 2.75) is 31.8 Å². The van der Waals surface area contributed by atoms with Gasteiger partial charge in [0.05, 0.1) is 17.1 Å². The highest BCUT2D eigenvalue weighted by atomic mass is 32.2. The fraction of sp³-hybridized carbons (Fsp3) is 0.263. The molecule has 8 nitrogen and oxygen atoms in total. The molecule has 1 amide bonds. The molecule has 0 bridgehead atoms. The van der Waals surface area contributed by atoms with Gasteiger partial charge in [-0.1, -0.05) is 6.07 Å². The maximum atomic E-state index is 12.8. The molecule has 2 aromatic rings. The number of carbonyl (C=O) groups is 2. The van der Waals surface area contributed by atoms with E-state index in [1.807, 2.05) is 6.92 Å². The SMILES string of the molecule is CCOc1ccc(NS(=O)(=O)c2cc(C(=O)O[C@H](C)C(N)=O)ccc2C)cc1. The van der Waals surface area contributed by atoms with E-state index in [9.17, 15) is 18.0 Å². The number of esters is 1. The van der Waals surface area contributed by atoms with Crippen molar-refractivity contribution in [1.29, 1.82) is 0 Å². The van der Waals surface area contributed by atoms with E-state index >= 15 is 0 Å². The fourth-order valence-electron chi connectivity index (χ4n) is 2.30. The monoisotopic (exact) mass is 406 g/mol. The largest absolute Gasteiger partial charge is 0.494 e. The Bertz CT molecular complexity index is 970. The van der Waals surface area contributed by atoms with Gasteiger partial charge in [0.25, 0.3) is 15.9 Å². The van der Waals surface area contributed by atoms with E-state index in [0.29, 0.717) is 23.6 Å². The van der Waals surface area contributed by atoms with Crippen LogP contribution in [-0.4, -0.2) is 33.0 Å². The van der Waals surface area contributed by atoms with Crippen LogP contribution in [0.1, 0.15) is 29.8 Å². The number of hydrogen-bond donors (Lipinski definition) is 2. The van der Waals surface area contributed by atoms with Crippen molar-refractivity contribution in [3.63, 3.8) is 0 Å². The van der Waals surface area contributed by atoms with Crippen molar-refractivity contribution in [3.8, 4) is 5.75 Å². The molecule has 0 aliphatic heterocycles. The number of carbonyl (C=O) groups excluding carboxylic acids is 2. The molecule has 2 aromatic carbocycles. The van der Waals surface area contributed by atoms with Gasteiger partial charge in [-0.15, -0.1) is 0 Å². The molecule has 0 heterocycles. The van der Waals surface area contributed by atoms with E-state index in [1.165, 1.54) is 25.1 Å². The minimum Gasteiger partial charge on any atom is -0.494 e. The topological polar surface area (TPSA) is 125 Å². The minimum absolute atomic E-state index is 0.00855. The first-order valence-corrected chi connectivity index (χ1v) is 9.99. The van der Waals surface area contributed by atoms with Gasteiger partial charge in [0.15, 0.2) is 6.10 Å². The zero-order valence-electron chi connectivity index (χ0n) is 15.8. The smallest absolute Gasteiger partial charge is 0.338 e. The number of hydrogen-bond acceptors (Lipinski definition) is 6. The normalized spacial score (nSPS) is 12.1. The van der Waals surface area contributed by atoms with E-state index in [1.54, 1.807) is 31.2 Å². The Hall–Kier alpha value is -3.07. The first-order valence-electron chi connectivity index (χ1n) is 8.50. The molecular formula is C19H22N2O6S. The molecule has 2 rings (SSSR count). The second kappa shape index (κ2) is 8.75. The Morgan fingerprint density at radius 3 is 2.36 bits per heavy atom. The van der Waals surface area contributed by atoms with E-state index in [4.69, 9.17) is 15.2 Å². The predicted molar refractivity (Wildman–Crippen MR) is 104 cm³/mol. The predicted octanol–water partition coefficient (Wildman–Crippen LogP) is 2.23. The number of aryl methyl sites for hydroxylation is 1. The van der Waals surface area contributed by atoms with Crippen LogP contribution in [0.15, 0.2) is 47.4 Å². The van der Waals surface area contributed by atoms with Gasteiger partial charge in [-0.25, -0.2) is 13.2 Å². The summed E-state index contributed by atoms with van der Waals surface area (Å²) in [6.45, 7) is 5.29. The van der Waals surface area contributed by atoms with Crippen molar-refractivity contribution in [3.05, 3.63) is 53.6 Å². The van der Waals surface area contributed by atoms with Crippen LogP contribution >= 0.6 is 0 Å². The van der Waals surface area contributed by atoms with Crippen LogP contribution in [-0.2, 0) is 19.6 Å². The lowest BCUT2D eigenvalue weighted by Crippen LogP contribution is -2.30. The summed E-state index contributed by atoms with van der Waals surface area (Å²) in [7, 11) is -3.96. The van der Waals surface area contributed by atoms with Gasteiger partial charge in [0, 0.05) is 5.69 Å². The van der Waals surface area contributed by atoms with Crippen LogP contribution in [0.4, 0.5) is 5.69 Å². The van der Waals surface area contributed by atoms with Gasteiger partial charge in [-0.3, -0.25) is 9.52 Å². The highest BCUT2D eigenvalue weighted by Gasteiger charge is 2.22. The highest BCUT2D eigenvalue weighted by Crippen LogP contribution is 2.23. The molecule has 0 saturated carbocycles. The van der Waals surface area contributed by atoms with Crippen molar-refractivity contribution in [2.24, 2.45) is 5.73 Å². The number of anilines is 1. The molecule has 3 N–H and O–H groups in total. The number of sulfonamides is 1. The second-order valence-electron chi connectivity index (χ2n) is 5.99. The van der Waals surface area contributed by atoms with Crippen LogP contribution in [0.3, 0.4) is 0 Å².